The number of alkyl halides is 3. The van der Waals surface area contributed by atoms with Gasteiger partial charge in [0.25, 0.3) is 5.69 Å². The fourth-order valence-corrected chi connectivity index (χ4v) is 4.45. The zero-order valence-corrected chi connectivity index (χ0v) is 19.5. The lowest BCUT2D eigenvalue weighted by Gasteiger charge is -2.21. The van der Waals surface area contributed by atoms with Crippen LogP contribution in [0.3, 0.4) is 0 Å². The van der Waals surface area contributed by atoms with Crippen molar-refractivity contribution in [2.24, 2.45) is 0 Å². The Balaban J connectivity index is 1.54. The van der Waals surface area contributed by atoms with Crippen molar-refractivity contribution in [3.63, 3.8) is 0 Å². The van der Waals surface area contributed by atoms with Gasteiger partial charge in [0.1, 0.15) is 24.1 Å². The van der Waals surface area contributed by atoms with Gasteiger partial charge in [0.15, 0.2) is 0 Å². The first-order valence-electron chi connectivity index (χ1n) is 10.9. The lowest BCUT2D eigenvalue weighted by Crippen LogP contribution is -2.35. The summed E-state index contributed by atoms with van der Waals surface area (Å²) >= 11 is 0. The molecule has 190 valence electrons. The molecule has 9 nitrogen and oxygen atoms in total. The van der Waals surface area contributed by atoms with Crippen LogP contribution in [-0.4, -0.2) is 54.3 Å². The Bertz CT molecular complexity index is 965. The number of halogens is 3. The van der Waals surface area contributed by atoms with Crippen LogP contribution in [0.1, 0.15) is 19.3 Å². The molecule has 3 rings (SSSR count). The third kappa shape index (κ3) is 9.67. The van der Waals surface area contributed by atoms with E-state index in [0.29, 0.717) is 37.3 Å². The number of carbonyl (C=O) groups is 1. The molecule has 1 saturated heterocycles. The first-order valence-corrected chi connectivity index (χ1v) is 12.0. The molecule has 2 unspecified atom stereocenters. The summed E-state index contributed by atoms with van der Waals surface area (Å²) in [5.41, 5.74) is -0.0978. The Morgan fingerprint density at radius 3 is 2.34 bits per heavy atom. The van der Waals surface area contributed by atoms with E-state index in [1.807, 2.05) is 0 Å². The number of para-hydroxylation sites is 1. The Hall–Kier alpha value is -2.95. The first-order chi connectivity index (χ1) is 16.7. The van der Waals surface area contributed by atoms with Crippen LogP contribution < -0.4 is 14.1 Å². The number of likely N-dealkylation sites (tertiary alicyclic amines) is 1. The van der Waals surface area contributed by atoms with Crippen LogP contribution >= 0.6 is 8.53 Å². The van der Waals surface area contributed by atoms with Crippen LogP contribution in [0.5, 0.6) is 11.5 Å². The van der Waals surface area contributed by atoms with Crippen molar-refractivity contribution in [1.29, 1.82) is 0 Å². The summed E-state index contributed by atoms with van der Waals surface area (Å²) in [5.74, 6) is 0.192. The molecule has 0 saturated carbocycles. The standard InChI is InChI=1S/C22H25F3N3O6P/c23-22(24,25)16-27-13-4-7-18(12-14-27)32-21(29)15-26-35(33-19-5-2-1-3-6-19)34-20-10-8-17(9-11-20)28(30)31/h1-3,5-6,8-11,18,26H,4,7,12-16H2. The maximum atomic E-state index is 12.6. The van der Waals surface area contributed by atoms with Gasteiger partial charge >= 0.3 is 20.7 Å². The Morgan fingerprint density at radius 1 is 1.06 bits per heavy atom. The number of ether oxygens (including phenoxy) is 1. The number of non-ortho nitro benzene ring substituents is 1. The van der Waals surface area contributed by atoms with E-state index in [2.05, 4.69) is 5.09 Å². The van der Waals surface area contributed by atoms with Gasteiger partial charge in [-0.15, -0.1) is 0 Å². The van der Waals surface area contributed by atoms with Crippen molar-refractivity contribution in [3.8, 4) is 11.5 Å². The molecule has 0 bridgehead atoms. The zero-order chi connectivity index (χ0) is 25.3. The summed E-state index contributed by atoms with van der Waals surface area (Å²) in [4.78, 5) is 24.0. The fraction of sp³-hybridized carbons (Fsp3) is 0.409. The molecule has 1 fully saturated rings. The van der Waals surface area contributed by atoms with Crippen molar-refractivity contribution in [2.75, 3.05) is 26.2 Å². The van der Waals surface area contributed by atoms with Crippen LogP contribution in [0.4, 0.5) is 18.9 Å². The second kappa shape index (κ2) is 12.7. The average molecular weight is 515 g/mol. The van der Waals surface area contributed by atoms with Crippen LogP contribution in [0.25, 0.3) is 0 Å². The molecule has 0 aliphatic carbocycles. The molecular formula is C22H25F3N3O6P. The zero-order valence-electron chi connectivity index (χ0n) is 18.6. The highest BCUT2D eigenvalue weighted by Gasteiger charge is 2.32. The van der Waals surface area contributed by atoms with E-state index in [1.54, 1.807) is 30.3 Å². The van der Waals surface area contributed by atoms with Gasteiger partial charge in [-0.3, -0.25) is 19.8 Å². The second-order valence-corrected chi connectivity index (χ2v) is 8.97. The molecule has 2 aromatic rings. The fourth-order valence-electron chi connectivity index (χ4n) is 3.40. The molecular weight excluding hydrogens is 490 g/mol. The average Bonchev–Trinajstić information content (AvgIpc) is 3.02. The van der Waals surface area contributed by atoms with E-state index in [0.717, 1.165) is 0 Å². The SMILES string of the molecule is O=C(CNP(Oc1ccccc1)Oc1ccc([N+](=O)[O-])cc1)OC1CCCN(CC(F)(F)F)CC1. The Kier molecular flexibility index (Phi) is 9.64. The lowest BCUT2D eigenvalue weighted by atomic mass is 10.2. The van der Waals surface area contributed by atoms with Crippen molar-refractivity contribution >= 4 is 20.2 Å². The van der Waals surface area contributed by atoms with Gasteiger partial charge in [0.2, 0.25) is 0 Å². The normalized spacial score (nSPS) is 17.7. The third-order valence-corrected chi connectivity index (χ3v) is 6.16. The number of rotatable bonds is 10. The molecule has 2 aromatic carbocycles. The molecule has 1 heterocycles. The van der Waals surface area contributed by atoms with E-state index in [1.165, 1.54) is 29.2 Å². The number of carbonyl (C=O) groups excluding carboxylic acids is 1. The van der Waals surface area contributed by atoms with Gasteiger partial charge < -0.3 is 13.8 Å². The van der Waals surface area contributed by atoms with E-state index in [-0.39, 0.29) is 18.8 Å². The van der Waals surface area contributed by atoms with E-state index < -0.39 is 38.2 Å². The van der Waals surface area contributed by atoms with Crippen molar-refractivity contribution in [2.45, 2.75) is 31.5 Å². The van der Waals surface area contributed by atoms with E-state index >= 15 is 0 Å². The first kappa shape index (κ1) is 26.7. The summed E-state index contributed by atoms with van der Waals surface area (Å²) in [6.45, 7) is -0.742. The molecule has 0 aromatic heterocycles. The van der Waals surface area contributed by atoms with Crippen LogP contribution in [0, 0.1) is 10.1 Å². The molecule has 1 aliphatic rings. The molecule has 35 heavy (non-hydrogen) atoms. The smallest absolute Gasteiger partial charge is 0.401 e. The van der Waals surface area contributed by atoms with Gasteiger partial charge in [-0.25, -0.2) is 5.09 Å². The number of hydrogen-bond donors (Lipinski definition) is 1. The molecule has 13 heteroatoms. The summed E-state index contributed by atoms with van der Waals surface area (Å²) in [6, 6.07) is 14.1. The minimum absolute atomic E-state index is 0.0978. The number of hydrogen-bond acceptors (Lipinski definition) is 8. The van der Waals surface area contributed by atoms with Gasteiger partial charge in [-0.2, -0.15) is 13.2 Å². The number of benzene rings is 2. The molecule has 2 atom stereocenters. The Morgan fingerprint density at radius 2 is 1.71 bits per heavy atom. The summed E-state index contributed by atoms with van der Waals surface area (Å²) in [7, 11) is -1.88. The molecule has 1 aliphatic heterocycles. The van der Waals surface area contributed by atoms with Gasteiger partial charge in [-0.05, 0) is 50.1 Å². The second-order valence-electron chi connectivity index (χ2n) is 7.77. The lowest BCUT2D eigenvalue weighted by molar-refractivity contribution is -0.384. The maximum absolute atomic E-state index is 12.6. The topological polar surface area (TPSA) is 103 Å². The van der Waals surface area contributed by atoms with Gasteiger partial charge in [0.05, 0.1) is 11.5 Å². The minimum Gasteiger partial charge on any atom is -0.461 e. The molecule has 1 N–H and O–H groups in total. The summed E-state index contributed by atoms with van der Waals surface area (Å²) in [6.07, 6.45) is -3.45. The summed E-state index contributed by atoms with van der Waals surface area (Å²) < 4.78 is 54.9. The predicted molar refractivity (Wildman–Crippen MR) is 122 cm³/mol. The number of nitro benzene ring substituents is 1. The molecule has 0 amide bonds. The monoisotopic (exact) mass is 515 g/mol. The number of nitrogens with zero attached hydrogens (tertiary/aromatic N) is 2. The highest BCUT2D eigenvalue weighted by Crippen LogP contribution is 2.37. The van der Waals surface area contributed by atoms with Crippen molar-refractivity contribution in [3.05, 3.63) is 64.7 Å². The third-order valence-electron chi connectivity index (χ3n) is 4.99. The number of nitro groups is 1. The predicted octanol–water partition coefficient (Wildman–Crippen LogP) is 4.83. The molecule has 0 radical (unpaired) electrons. The number of esters is 1. The van der Waals surface area contributed by atoms with Gasteiger partial charge in [0, 0.05) is 18.7 Å². The van der Waals surface area contributed by atoms with Crippen LogP contribution in [-0.2, 0) is 9.53 Å². The number of nitrogens with one attached hydrogen (secondary N) is 1. The maximum Gasteiger partial charge on any atom is 0.401 e. The summed E-state index contributed by atoms with van der Waals surface area (Å²) in [5, 5.41) is 13.7. The van der Waals surface area contributed by atoms with Crippen LogP contribution in [0.15, 0.2) is 54.6 Å². The van der Waals surface area contributed by atoms with Crippen molar-refractivity contribution in [1.82, 2.24) is 9.99 Å². The quantitative estimate of drug-likeness (QED) is 0.208. The van der Waals surface area contributed by atoms with E-state index in [9.17, 15) is 28.1 Å². The Labute approximate surface area is 201 Å². The van der Waals surface area contributed by atoms with Crippen molar-refractivity contribution < 1.29 is 36.7 Å². The molecule has 0 spiro atoms. The highest BCUT2D eigenvalue weighted by atomic mass is 31.2. The van der Waals surface area contributed by atoms with Crippen LogP contribution in [0.2, 0.25) is 0 Å². The highest BCUT2D eigenvalue weighted by molar-refractivity contribution is 7.45. The van der Waals surface area contributed by atoms with E-state index in [4.69, 9.17) is 13.8 Å². The van der Waals surface area contributed by atoms with Gasteiger partial charge in [-0.1, -0.05) is 18.2 Å². The largest absolute Gasteiger partial charge is 0.461 e. The minimum atomic E-state index is -4.26.